The molecule has 0 unspecified atom stereocenters. The van der Waals surface area contributed by atoms with E-state index in [4.69, 9.17) is 0 Å². The number of likely N-dealkylation sites (tertiary alicyclic amines) is 1. The number of benzene rings is 1. The largest absolute Gasteiger partial charge is 0.350 e. The third kappa shape index (κ3) is 4.94. The predicted molar refractivity (Wildman–Crippen MR) is 125 cm³/mol. The van der Waals surface area contributed by atoms with Crippen molar-refractivity contribution in [3.63, 3.8) is 0 Å². The summed E-state index contributed by atoms with van der Waals surface area (Å²) in [5, 5.41) is 4.08. The van der Waals surface area contributed by atoms with Gasteiger partial charge < -0.3 is 15.1 Å². The van der Waals surface area contributed by atoms with Crippen LogP contribution in [0.15, 0.2) is 48.7 Å². The summed E-state index contributed by atoms with van der Waals surface area (Å²) in [6.45, 7) is 2.74. The number of hydrogen-bond donors (Lipinski definition) is 1. The number of thiophene rings is 1. The fourth-order valence-electron chi connectivity index (χ4n) is 4.10. The fraction of sp³-hybridized carbons (Fsp3) is 0.375. The molecule has 3 heterocycles. The molecule has 2 aromatic heterocycles. The van der Waals surface area contributed by atoms with Crippen LogP contribution in [0.1, 0.15) is 33.1 Å². The Hall–Kier alpha value is -2.77. The lowest BCUT2D eigenvalue weighted by atomic mass is 9.95. The number of nitrogens with one attached hydrogen (secondary N) is 1. The van der Waals surface area contributed by atoms with Crippen LogP contribution in [-0.4, -0.2) is 66.9 Å². The molecule has 6 nitrogen and oxygen atoms in total. The van der Waals surface area contributed by atoms with E-state index in [2.05, 4.69) is 10.3 Å². The van der Waals surface area contributed by atoms with Gasteiger partial charge in [-0.25, -0.2) is 4.98 Å². The first-order chi connectivity index (χ1) is 15.0. The maximum Gasteiger partial charge on any atom is 0.261 e. The third-order valence-corrected chi connectivity index (χ3v) is 6.83. The molecular formula is C24H28N4O2S. The molecule has 2 amide bonds. The standard InChI is InChI=1S/C24H28N4O2S/c1-27(2)14-12-25-23(30)22-21(19-9-6-11-26-24(19)31-22)18-10-13-28(16-18)20(29)15-17-7-4-3-5-8-17/h3-9,11,18H,10,12-16H2,1-2H3,(H,25,30)/t18-/m1/s1. The smallest absolute Gasteiger partial charge is 0.261 e. The molecule has 1 atom stereocenters. The number of pyridine rings is 1. The molecule has 0 radical (unpaired) electrons. The lowest BCUT2D eigenvalue weighted by Crippen LogP contribution is -2.32. The van der Waals surface area contributed by atoms with Crippen molar-refractivity contribution in [1.29, 1.82) is 0 Å². The molecule has 1 aliphatic rings. The van der Waals surface area contributed by atoms with E-state index in [9.17, 15) is 9.59 Å². The average Bonchev–Trinajstić information content (AvgIpc) is 3.39. The molecule has 3 aromatic rings. The van der Waals surface area contributed by atoms with Crippen LogP contribution in [0, 0.1) is 0 Å². The quantitative estimate of drug-likeness (QED) is 0.618. The number of aromatic nitrogens is 1. The van der Waals surface area contributed by atoms with Gasteiger partial charge in [-0.05, 0) is 37.7 Å². The number of hydrogen-bond acceptors (Lipinski definition) is 5. The predicted octanol–water partition coefficient (Wildman–Crippen LogP) is 3.15. The Bertz CT molecular complexity index is 1060. The highest BCUT2D eigenvalue weighted by molar-refractivity contribution is 7.20. The van der Waals surface area contributed by atoms with Crippen LogP contribution < -0.4 is 5.32 Å². The molecule has 1 aromatic carbocycles. The Morgan fingerprint density at radius 1 is 1.19 bits per heavy atom. The van der Waals surface area contributed by atoms with Gasteiger partial charge >= 0.3 is 0 Å². The van der Waals surface area contributed by atoms with Crippen molar-refractivity contribution in [3.8, 4) is 0 Å². The summed E-state index contributed by atoms with van der Waals surface area (Å²) in [7, 11) is 3.97. The Kier molecular flexibility index (Phi) is 6.63. The van der Waals surface area contributed by atoms with Crippen molar-refractivity contribution in [1.82, 2.24) is 20.1 Å². The summed E-state index contributed by atoms with van der Waals surface area (Å²) in [5.41, 5.74) is 2.08. The van der Waals surface area contributed by atoms with Crippen LogP contribution in [0.5, 0.6) is 0 Å². The Morgan fingerprint density at radius 2 is 2.00 bits per heavy atom. The molecule has 31 heavy (non-hydrogen) atoms. The highest BCUT2D eigenvalue weighted by atomic mass is 32.1. The molecule has 1 saturated heterocycles. The van der Waals surface area contributed by atoms with E-state index in [1.165, 1.54) is 11.3 Å². The zero-order valence-electron chi connectivity index (χ0n) is 18.0. The van der Waals surface area contributed by atoms with E-state index in [1.807, 2.05) is 66.4 Å². The lowest BCUT2D eigenvalue weighted by Gasteiger charge is -2.17. The van der Waals surface area contributed by atoms with Gasteiger partial charge in [0.25, 0.3) is 5.91 Å². The first kappa shape index (κ1) is 21.5. The number of rotatable bonds is 7. The van der Waals surface area contributed by atoms with Gasteiger partial charge in [0.1, 0.15) is 4.83 Å². The Morgan fingerprint density at radius 3 is 2.77 bits per heavy atom. The zero-order chi connectivity index (χ0) is 21.8. The van der Waals surface area contributed by atoms with Crippen LogP contribution in [0.4, 0.5) is 0 Å². The molecule has 0 bridgehead atoms. The van der Waals surface area contributed by atoms with Gasteiger partial charge in [0.05, 0.1) is 11.3 Å². The molecule has 1 aliphatic heterocycles. The summed E-state index contributed by atoms with van der Waals surface area (Å²) >= 11 is 1.45. The van der Waals surface area contributed by atoms with E-state index < -0.39 is 0 Å². The van der Waals surface area contributed by atoms with Gasteiger partial charge in [-0.1, -0.05) is 36.4 Å². The maximum atomic E-state index is 13.0. The van der Waals surface area contributed by atoms with Crippen LogP contribution in [0.3, 0.4) is 0 Å². The maximum absolute atomic E-state index is 13.0. The number of fused-ring (bicyclic) bond motifs is 1. The van der Waals surface area contributed by atoms with Crippen molar-refractivity contribution in [2.24, 2.45) is 0 Å². The second kappa shape index (κ2) is 9.58. The SMILES string of the molecule is CN(C)CCNC(=O)c1sc2ncccc2c1[C@@H]1CCN(C(=O)Cc2ccccc2)C1. The van der Waals surface area contributed by atoms with Gasteiger partial charge in [0, 0.05) is 43.7 Å². The highest BCUT2D eigenvalue weighted by Crippen LogP contribution is 2.39. The van der Waals surface area contributed by atoms with Crippen LogP contribution in [0.2, 0.25) is 0 Å². The summed E-state index contributed by atoms with van der Waals surface area (Å²) in [4.78, 5) is 35.9. The Labute approximate surface area is 186 Å². The number of carbonyl (C=O) groups is 2. The lowest BCUT2D eigenvalue weighted by molar-refractivity contribution is -0.129. The summed E-state index contributed by atoms with van der Waals surface area (Å²) in [6.07, 6.45) is 3.04. The second-order valence-corrected chi connectivity index (χ2v) is 9.25. The average molecular weight is 437 g/mol. The molecule has 0 aliphatic carbocycles. The van der Waals surface area contributed by atoms with E-state index in [0.717, 1.165) is 45.7 Å². The molecule has 0 saturated carbocycles. The third-order valence-electron chi connectivity index (χ3n) is 5.70. The van der Waals surface area contributed by atoms with E-state index in [0.29, 0.717) is 19.5 Å². The molecule has 4 rings (SSSR count). The molecular weight excluding hydrogens is 408 g/mol. The summed E-state index contributed by atoms with van der Waals surface area (Å²) in [6, 6.07) is 13.8. The molecule has 162 valence electrons. The first-order valence-corrected chi connectivity index (χ1v) is 11.5. The first-order valence-electron chi connectivity index (χ1n) is 10.6. The van der Waals surface area contributed by atoms with Crippen molar-refractivity contribution in [2.45, 2.75) is 18.8 Å². The summed E-state index contributed by atoms with van der Waals surface area (Å²) in [5.74, 6) is 0.240. The van der Waals surface area contributed by atoms with Crippen molar-refractivity contribution in [2.75, 3.05) is 40.3 Å². The number of likely N-dealkylation sites (N-methyl/N-ethyl adjacent to an activating group) is 1. The molecule has 1 N–H and O–H groups in total. The fourth-order valence-corrected chi connectivity index (χ4v) is 5.25. The zero-order valence-corrected chi connectivity index (χ0v) is 18.8. The minimum absolute atomic E-state index is 0.0473. The van der Waals surface area contributed by atoms with E-state index in [1.54, 1.807) is 6.20 Å². The summed E-state index contributed by atoms with van der Waals surface area (Å²) < 4.78 is 0. The van der Waals surface area contributed by atoms with Crippen molar-refractivity contribution < 1.29 is 9.59 Å². The van der Waals surface area contributed by atoms with Gasteiger partial charge in [-0.2, -0.15) is 0 Å². The normalized spacial score (nSPS) is 16.2. The van der Waals surface area contributed by atoms with Gasteiger partial charge in [0.2, 0.25) is 5.91 Å². The highest BCUT2D eigenvalue weighted by Gasteiger charge is 2.32. The Balaban J connectivity index is 1.53. The number of carbonyl (C=O) groups excluding carboxylic acids is 2. The van der Waals surface area contributed by atoms with Crippen molar-refractivity contribution >= 4 is 33.4 Å². The monoisotopic (exact) mass is 436 g/mol. The van der Waals surface area contributed by atoms with Gasteiger partial charge in [-0.15, -0.1) is 11.3 Å². The van der Waals surface area contributed by atoms with Crippen LogP contribution >= 0.6 is 11.3 Å². The van der Waals surface area contributed by atoms with Crippen LogP contribution in [-0.2, 0) is 11.2 Å². The van der Waals surface area contributed by atoms with E-state index >= 15 is 0 Å². The van der Waals surface area contributed by atoms with Gasteiger partial charge in [-0.3, -0.25) is 9.59 Å². The minimum atomic E-state index is -0.0473. The molecule has 0 spiro atoms. The second-order valence-electron chi connectivity index (χ2n) is 8.25. The number of nitrogens with zero attached hydrogens (tertiary/aromatic N) is 3. The molecule has 1 fully saturated rings. The van der Waals surface area contributed by atoms with Gasteiger partial charge in [0.15, 0.2) is 0 Å². The molecule has 7 heteroatoms. The van der Waals surface area contributed by atoms with Crippen molar-refractivity contribution in [3.05, 3.63) is 64.7 Å². The number of amides is 2. The minimum Gasteiger partial charge on any atom is -0.350 e. The topological polar surface area (TPSA) is 65.5 Å². The van der Waals surface area contributed by atoms with E-state index in [-0.39, 0.29) is 17.7 Å². The van der Waals surface area contributed by atoms with Crippen LogP contribution in [0.25, 0.3) is 10.2 Å².